The van der Waals surface area contributed by atoms with E-state index in [0.29, 0.717) is 5.56 Å². The van der Waals surface area contributed by atoms with Gasteiger partial charge in [0.1, 0.15) is 5.70 Å². The molecule has 1 heterocycles. The van der Waals surface area contributed by atoms with E-state index in [1.54, 1.807) is 13.0 Å². The van der Waals surface area contributed by atoms with Gasteiger partial charge >= 0.3 is 5.97 Å². The molecule has 8 heteroatoms. The molecule has 0 saturated heterocycles. The molecule has 22 heavy (non-hydrogen) atoms. The molecule has 1 aromatic rings. The summed E-state index contributed by atoms with van der Waals surface area (Å²) in [7, 11) is 0. The normalized spacial score (nSPS) is 14.3. The minimum absolute atomic E-state index is 0.00902. The van der Waals surface area contributed by atoms with Gasteiger partial charge in [0, 0.05) is 9.65 Å². The minimum atomic E-state index is -1.13. The van der Waals surface area contributed by atoms with Crippen molar-refractivity contribution in [3.8, 4) is 0 Å². The fourth-order valence-electron chi connectivity index (χ4n) is 2.12. The Morgan fingerprint density at radius 3 is 2.64 bits per heavy atom. The van der Waals surface area contributed by atoms with Crippen molar-refractivity contribution in [2.75, 3.05) is 18.5 Å². The van der Waals surface area contributed by atoms with Gasteiger partial charge in [-0.3, -0.25) is 14.5 Å². The summed E-state index contributed by atoms with van der Waals surface area (Å²) in [6, 6.07) is 3.24. The number of aliphatic hydroxyl groups excluding tert-OH is 1. The van der Waals surface area contributed by atoms with E-state index < -0.39 is 17.8 Å². The smallest absolute Gasteiger partial charge is 0.337 e. The van der Waals surface area contributed by atoms with Crippen molar-refractivity contribution < 1.29 is 24.6 Å². The number of halogens is 1. The van der Waals surface area contributed by atoms with Gasteiger partial charge in [0.25, 0.3) is 11.8 Å². The predicted molar refractivity (Wildman–Crippen MR) is 86.4 cm³/mol. The molecule has 0 aliphatic carbocycles. The summed E-state index contributed by atoms with van der Waals surface area (Å²) in [6.45, 7) is 1.28. The Bertz CT molecular complexity index is 699. The molecule has 0 unspecified atom stereocenters. The van der Waals surface area contributed by atoms with Gasteiger partial charge in [-0.25, -0.2) is 4.79 Å². The first-order valence-electron chi connectivity index (χ1n) is 6.34. The van der Waals surface area contributed by atoms with Crippen molar-refractivity contribution in [2.24, 2.45) is 0 Å². The number of aryl methyl sites for hydroxylation is 1. The maximum Gasteiger partial charge on any atom is 0.337 e. The average Bonchev–Trinajstić information content (AvgIpc) is 2.69. The molecule has 1 aliphatic rings. The number of nitrogens with zero attached hydrogens (tertiary/aromatic N) is 1. The van der Waals surface area contributed by atoms with Crippen molar-refractivity contribution in [2.45, 2.75) is 6.92 Å². The van der Waals surface area contributed by atoms with E-state index in [-0.39, 0.29) is 30.1 Å². The average molecular weight is 416 g/mol. The number of anilines is 1. The number of aromatic carboxylic acids is 1. The van der Waals surface area contributed by atoms with Gasteiger partial charge in [-0.1, -0.05) is 0 Å². The van der Waals surface area contributed by atoms with Crippen molar-refractivity contribution in [3.05, 3.63) is 38.6 Å². The summed E-state index contributed by atoms with van der Waals surface area (Å²) in [4.78, 5) is 36.0. The molecule has 2 rings (SSSR count). The quantitative estimate of drug-likeness (QED) is 0.488. The van der Waals surface area contributed by atoms with Crippen molar-refractivity contribution in [1.82, 2.24) is 4.90 Å². The molecular weight excluding hydrogens is 403 g/mol. The molecule has 0 spiro atoms. The van der Waals surface area contributed by atoms with Crippen LogP contribution in [0.15, 0.2) is 23.9 Å². The number of imide groups is 1. The van der Waals surface area contributed by atoms with Gasteiger partial charge in [-0.2, -0.15) is 0 Å². The number of carbonyl (C=O) groups is 3. The van der Waals surface area contributed by atoms with Crippen LogP contribution in [-0.4, -0.2) is 46.0 Å². The van der Waals surface area contributed by atoms with E-state index in [2.05, 4.69) is 5.32 Å². The number of hydrogen-bond donors (Lipinski definition) is 3. The predicted octanol–water partition coefficient (Wildman–Crippen LogP) is 0.955. The Morgan fingerprint density at radius 2 is 2.05 bits per heavy atom. The van der Waals surface area contributed by atoms with E-state index >= 15 is 0 Å². The highest BCUT2D eigenvalue weighted by atomic mass is 127. The lowest BCUT2D eigenvalue weighted by molar-refractivity contribution is -0.137. The summed E-state index contributed by atoms with van der Waals surface area (Å²) >= 11 is 2.00. The molecule has 1 aromatic carbocycles. The van der Waals surface area contributed by atoms with Crippen LogP contribution in [0.3, 0.4) is 0 Å². The summed E-state index contributed by atoms with van der Waals surface area (Å²) in [5.74, 6) is -2.26. The van der Waals surface area contributed by atoms with E-state index in [1.807, 2.05) is 22.6 Å². The third kappa shape index (κ3) is 3.12. The van der Waals surface area contributed by atoms with Crippen molar-refractivity contribution in [3.63, 3.8) is 0 Å². The molecule has 1 aliphatic heterocycles. The maximum atomic E-state index is 12.1. The molecule has 0 saturated carbocycles. The number of carbonyl (C=O) groups excluding carboxylic acids is 2. The molecule has 7 nitrogen and oxygen atoms in total. The lowest BCUT2D eigenvalue weighted by Gasteiger charge is -2.16. The summed E-state index contributed by atoms with van der Waals surface area (Å²) in [5.41, 5.74) is 0.925. The third-order valence-electron chi connectivity index (χ3n) is 3.12. The zero-order chi connectivity index (χ0) is 16.4. The largest absolute Gasteiger partial charge is 0.478 e. The van der Waals surface area contributed by atoms with Gasteiger partial charge in [-0.15, -0.1) is 0 Å². The number of β-amino-alcohol motifs (C(OH)–C–C–N with tert-alkyl or cyclic N) is 1. The van der Waals surface area contributed by atoms with E-state index in [4.69, 9.17) is 5.11 Å². The maximum absolute atomic E-state index is 12.1. The van der Waals surface area contributed by atoms with Crippen LogP contribution in [0.4, 0.5) is 5.69 Å². The van der Waals surface area contributed by atoms with Gasteiger partial charge in [0.05, 0.1) is 24.4 Å². The monoisotopic (exact) mass is 416 g/mol. The molecule has 2 amide bonds. The number of nitrogens with one attached hydrogen (secondary N) is 1. The molecular formula is C14H13IN2O5. The zero-order valence-electron chi connectivity index (χ0n) is 11.6. The molecule has 0 radical (unpaired) electrons. The molecule has 116 valence electrons. The third-order valence-corrected chi connectivity index (χ3v) is 3.75. The molecule has 3 N–H and O–H groups in total. The van der Waals surface area contributed by atoms with Crippen molar-refractivity contribution in [1.29, 1.82) is 0 Å². The summed E-state index contributed by atoms with van der Waals surface area (Å²) in [6.07, 6.45) is 1.10. The lowest BCUT2D eigenvalue weighted by atomic mass is 10.1. The van der Waals surface area contributed by atoms with Crippen LogP contribution in [0.25, 0.3) is 0 Å². The Hall–Kier alpha value is -1.94. The molecule has 0 fully saturated rings. The number of aliphatic hydroxyl groups is 1. The number of carboxylic acids is 1. The number of rotatable bonds is 5. The van der Waals surface area contributed by atoms with E-state index in [1.165, 1.54) is 6.07 Å². The highest BCUT2D eigenvalue weighted by Gasteiger charge is 2.31. The Labute approximate surface area is 139 Å². The van der Waals surface area contributed by atoms with Crippen molar-refractivity contribution >= 4 is 46.1 Å². The number of benzene rings is 1. The summed E-state index contributed by atoms with van der Waals surface area (Å²) in [5, 5.41) is 20.9. The fourth-order valence-corrected chi connectivity index (χ4v) is 2.90. The highest BCUT2D eigenvalue weighted by molar-refractivity contribution is 14.1. The Balaban J connectivity index is 2.36. The Kier molecular flexibility index (Phi) is 4.81. The minimum Gasteiger partial charge on any atom is -0.478 e. The van der Waals surface area contributed by atoms with Crippen LogP contribution >= 0.6 is 22.6 Å². The number of hydrogen-bond acceptors (Lipinski definition) is 5. The van der Waals surface area contributed by atoms with E-state index in [0.717, 1.165) is 14.5 Å². The van der Waals surface area contributed by atoms with Crippen LogP contribution in [0.5, 0.6) is 0 Å². The van der Waals surface area contributed by atoms with Crippen LogP contribution in [-0.2, 0) is 9.59 Å². The van der Waals surface area contributed by atoms with Gasteiger partial charge in [0.2, 0.25) is 0 Å². The first kappa shape index (κ1) is 16.4. The van der Waals surface area contributed by atoms with Gasteiger partial charge in [0.15, 0.2) is 0 Å². The number of amides is 2. The SMILES string of the molecule is Cc1cc(I)cc(C(=O)O)c1NC1=CC(=O)N(CCO)C1=O. The molecule has 0 atom stereocenters. The van der Waals surface area contributed by atoms with Crippen LogP contribution in [0, 0.1) is 10.5 Å². The topological polar surface area (TPSA) is 107 Å². The first-order chi connectivity index (χ1) is 10.3. The van der Waals surface area contributed by atoms with Crippen LogP contribution < -0.4 is 5.32 Å². The van der Waals surface area contributed by atoms with Crippen LogP contribution in [0.2, 0.25) is 0 Å². The first-order valence-corrected chi connectivity index (χ1v) is 7.42. The van der Waals surface area contributed by atoms with E-state index in [9.17, 15) is 19.5 Å². The van der Waals surface area contributed by atoms with Gasteiger partial charge < -0.3 is 15.5 Å². The zero-order valence-corrected chi connectivity index (χ0v) is 13.7. The fraction of sp³-hybridized carbons (Fsp3) is 0.214. The standard InChI is InChI=1S/C14H13IN2O5/c1-7-4-8(15)5-9(14(21)22)12(7)16-10-6-11(19)17(2-3-18)13(10)20/h4-6,16,18H,2-3H2,1H3,(H,21,22). The second-order valence-electron chi connectivity index (χ2n) is 4.65. The lowest BCUT2D eigenvalue weighted by Crippen LogP contribution is -2.34. The number of carboxylic acid groups (broad SMARTS) is 1. The second kappa shape index (κ2) is 6.44. The molecule has 0 bridgehead atoms. The molecule has 0 aromatic heterocycles. The van der Waals surface area contributed by atoms with Gasteiger partial charge in [-0.05, 0) is 47.2 Å². The Morgan fingerprint density at radius 1 is 1.36 bits per heavy atom. The highest BCUT2D eigenvalue weighted by Crippen LogP contribution is 2.27. The summed E-state index contributed by atoms with van der Waals surface area (Å²) < 4.78 is 0.753. The van der Waals surface area contributed by atoms with Crippen LogP contribution in [0.1, 0.15) is 15.9 Å². The second-order valence-corrected chi connectivity index (χ2v) is 5.90.